The van der Waals surface area contributed by atoms with E-state index in [2.05, 4.69) is 22.8 Å². The molecule has 0 aliphatic rings. The fraction of sp³-hybridized carbons (Fsp3) is 0.280. The third kappa shape index (κ3) is 5.83. The second kappa shape index (κ2) is 10.4. The van der Waals surface area contributed by atoms with Crippen molar-refractivity contribution in [3.8, 4) is 5.75 Å². The van der Waals surface area contributed by atoms with E-state index >= 15 is 0 Å². The van der Waals surface area contributed by atoms with E-state index in [9.17, 15) is 9.59 Å². The molecule has 1 atom stereocenters. The maximum Gasteiger partial charge on any atom is 0.224 e. The molecule has 0 heterocycles. The third-order valence-corrected chi connectivity index (χ3v) is 4.95. The third-order valence-electron chi connectivity index (χ3n) is 4.95. The summed E-state index contributed by atoms with van der Waals surface area (Å²) < 4.78 is 5.90. The van der Waals surface area contributed by atoms with Crippen LogP contribution in [0.3, 0.4) is 0 Å². The first-order valence-electron chi connectivity index (χ1n) is 10.4. The zero-order valence-corrected chi connectivity index (χ0v) is 17.5. The van der Waals surface area contributed by atoms with Crippen LogP contribution in [0.2, 0.25) is 0 Å². The molecule has 30 heavy (non-hydrogen) atoms. The molecule has 2 amide bonds. The lowest BCUT2D eigenvalue weighted by Crippen LogP contribution is -2.26. The Morgan fingerprint density at radius 1 is 0.933 bits per heavy atom. The molecule has 0 radical (unpaired) electrons. The monoisotopic (exact) mass is 404 g/mol. The number of carbonyl (C=O) groups excluding carboxylic acids is 2. The van der Waals surface area contributed by atoms with Crippen LogP contribution in [0.5, 0.6) is 5.75 Å². The van der Waals surface area contributed by atoms with Crippen LogP contribution in [0.1, 0.15) is 44.7 Å². The molecule has 3 rings (SSSR count). The van der Waals surface area contributed by atoms with E-state index in [4.69, 9.17) is 4.74 Å². The topological polar surface area (TPSA) is 67.4 Å². The van der Waals surface area contributed by atoms with Gasteiger partial charge in [-0.2, -0.15) is 0 Å². The van der Waals surface area contributed by atoms with Gasteiger partial charge in [0.1, 0.15) is 5.75 Å². The van der Waals surface area contributed by atoms with Crippen LogP contribution in [-0.2, 0) is 9.59 Å². The molecule has 3 aromatic carbocycles. The molecule has 0 fully saturated rings. The van der Waals surface area contributed by atoms with Crippen molar-refractivity contribution in [3.05, 3.63) is 72.3 Å². The zero-order valence-electron chi connectivity index (χ0n) is 17.5. The van der Waals surface area contributed by atoms with Gasteiger partial charge in [0, 0.05) is 23.9 Å². The molecule has 3 aromatic rings. The van der Waals surface area contributed by atoms with Gasteiger partial charge in [0.05, 0.1) is 12.6 Å². The summed E-state index contributed by atoms with van der Waals surface area (Å²) in [6.07, 6.45) is 1.49. The molecular formula is C25H28N2O3. The molecule has 1 unspecified atom stereocenters. The summed E-state index contributed by atoms with van der Waals surface area (Å²) in [4.78, 5) is 23.7. The average molecular weight is 405 g/mol. The zero-order chi connectivity index (χ0) is 21.3. The molecule has 0 aliphatic heterocycles. The Hall–Kier alpha value is -3.34. The van der Waals surface area contributed by atoms with Crippen LogP contribution in [0.4, 0.5) is 5.69 Å². The van der Waals surface area contributed by atoms with Gasteiger partial charge in [-0.3, -0.25) is 9.59 Å². The van der Waals surface area contributed by atoms with Gasteiger partial charge in [-0.25, -0.2) is 0 Å². The molecule has 5 heteroatoms. The van der Waals surface area contributed by atoms with Gasteiger partial charge in [-0.1, -0.05) is 55.5 Å². The van der Waals surface area contributed by atoms with Gasteiger partial charge in [-0.15, -0.1) is 0 Å². The lowest BCUT2D eigenvalue weighted by Gasteiger charge is -2.15. The second-order valence-corrected chi connectivity index (χ2v) is 7.24. The van der Waals surface area contributed by atoms with Crippen molar-refractivity contribution in [3.63, 3.8) is 0 Å². The van der Waals surface area contributed by atoms with Crippen molar-refractivity contribution < 1.29 is 14.3 Å². The fourth-order valence-corrected chi connectivity index (χ4v) is 3.24. The number of anilines is 1. The van der Waals surface area contributed by atoms with Crippen molar-refractivity contribution >= 4 is 28.3 Å². The molecular weight excluding hydrogens is 376 g/mol. The molecule has 0 spiro atoms. The lowest BCUT2D eigenvalue weighted by atomic mass is 10.1. The quantitative estimate of drug-likeness (QED) is 0.480. The highest BCUT2D eigenvalue weighted by atomic mass is 16.5. The standard InChI is InChI=1S/C25H28N2O3/c1-3-24(28)27-21-15-13-19(14-16-21)18(2)26-25(29)12-7-17-30-23-11-6-9-20-8-4-5-10-22(20)23/h4-6,8-11,13-16,18H,3,7,12,17H2,1-2H3,(H,26,29)(H,27,28). The van der Waals surface area contributed by atoms with Crippen molar-refractivity contribution in [1.29, 1.82) is 0 Å². The molecule has 5 nitrogen and oxygen atoms in total. The highest BCUT2D eigenvalue weighted by molar-refractivity contribution is 5.90. The predicted octanol–water partition coefficient (Wildman–Crippen LogP) is 5.22. The maximum absolute atomic E-state index is 12.3. The molecule has 2 N–H and O–H groups in total. The van der Waals surface area contributed by atoms with E-state index in [1.165, 1.54) is 0 Å². The van der Waals surface area contributed by atoms with Crippen LogP contribution in [-0.4, -0.2) is 18.4 Å². The van der Waals surface area contributed by atoms with Crippen molar-refractivity contribution in [2.45, 2.75) is 39.2 Å². The number of benzene rings is 3. The number of carbonyl (C=O) groups is 2. The Labute approximate surface area is 177 Å². The molecule has 0 aromatic heterocycles. The SMILES string of the molecule is CCC(=O)Nc1ccc(C(C)NC(=O)CCCOc2cccc3ccccc23)cc1. The summed E-state index contributed by atoms with van der Waals surface area (Å²) in [5.41, 5.74) is 1.75. The minimum Gasteiger partial charge on any atom is -0.493 e. The van der Waals surface area contributed by atoms with Gasteiger partial charge in [0.15, 0.2) is 0 Å². The second-order valence-electron chi connectivity index (χ2n) is 7.24. The summed E-state index contributed by atoms with van der Waals surface area (Å²) in [7, 11) is 0. The predicted molar refractivity (Wildman–Crippen MR) is 121 cm³/mol. The first kappa shape index (κ1) is 21.4. The van der Waals surface area contributed by atoms with Gasteiger partial charge in [0.2, 0.25) is 11.8 Å². The number of fused-ring (bicyclic) bond motifs is 1. The Bertz CT molecular complexity index is 993. The van der Waals surface area contributed by atoms with Crippen LogP contribution in [0.15, 0.2) is 66.7 Å². The number of hydrogen-bond donors (Lipinski definition) is 2. The number of amides is 2. The van der Waals surface area contributed by atoms with Crippen molar-refractivity contribution in [2.24, 2.45) is 0 Å². The number of ether oxygens (including phenoxy) is 1. The fourth-order valence-electron chi connectivity index (χ4n) is 3.24. The first-order valence-corrected chi connectivity index (χ1v) is 10.4. The molecule has 0 saturated carbocycles. The largest absolute Gasteiger partial charge is 0.493 e. The van der Waals surface area contributed by atoms with Crippen LogP contribution < -0.4 is 15.4 Å². The summed E-state index contributed by atoms with van der Waals surface area (Å²) in [6, 6.07) is 21.5. The minimum atomic E-state index is -0.104. The van der Waals surface area contributed by atoms with E-state index in [1.807, 2.05) is 68.4 Å². The highest BCUT2D eigenvalue weighted by Crippen LogP contribution is 2.25. The van der Waals surface area contributed by atoms with Crippen LogP contribution in [0.25, 0.3) is 10.8 Å². The van der Waals surface area contributed by atoms with E-state index in [-0.39, 0.29) is 17.9 Å². The van der Waals surface area contributed by atoms with E-state index < -0.39 is 0 Å². The van der Waals surface area contributed by atoms with E-state index in [0.717, 1.165) is 27.8 Å². The number of nitrogens with one attached hydrogen (secondary N) is 2. The van der Waals surface area contributed by atoms with Gasteiger partial charge >= 0.3 is 0 Å². The summed E-state index contributed by atoms with van der Waals surface area (Å²) in [5, 5.41) is 8.05. The summed E-state index contributed by atoms with van der Waals surface area (Å²) in [5.74, 6) is 0.819. The molecule has 0 bridgehead atoms. The molecule has 0 aliphatic carbocycles. The summed E-state index contributed by atoms with van der Waals surface area (Å²) >= 11 is 0. The molecule has 0 saturated heterocycles. The van der Waals surface area contributed by atoms with Gasteiger partial charge < -0.3 is 15.4 Å². The van der Waals surface area contributed by atoms with Gasteiger partial charge in [-0.05, 0) is 42.5 Å². The Morgan fingerprint density at radius 3 is 2.43 bits per heavy atom. The number of rotatable bonds is 9. The summed E-state index contributed by atoms with van der Waals surface area (Å²) in [6.45, 7) is 4.25. The smallest absolute Gasteiger partial charge is 0.224 e. The Balaban J connectivity index is 1.43. The highest BCUT2D eigenvalue weighted by Gasteiger charge is 2.10. The minimum absolute atomic E-state index is 0.00705. The maximum atomic E-state index is 12.3. The Kier molecular flexibility index (Phi) is 7.44. The first-order chi connectivity index (χ1) is 14.6. The van der Waals surface area contributed by atoms with Crippen LogP contribution in [0, 0.1) is 0 Å². The van der Waals surface area contributed by atoms with E-state index in [0.29, 0.717) is 25.9 Å². The Morgan fingerprint density at radius 2 is 1.67 bits per heavy atom. The van der Waals surface area contributed by atoms with E-state index in [1.54, 1.807) is 0 Å². The average Bonchev–Trinajstić information content (AvgIpc) is 2.77. The number of hydrogen-bond acceptors (Lipinski definition) is 3. The lowest BCUT2D eigenvalue weighted by molar-refractivity contribution is -0.122. The van der Waals surface area contributed by atoms with Crippen molar-refractivity contribution in [2.75, 3.05) is 11.9 Å². The van der Waals surface area contributed by atoms with Gasteiger partial charge in [0.25, 0.3) is 0 Å². The van der Waals surface area contributed by atoms with Crippen molar-refractivity contribution in [1.82, 2.24) is 5.32 Å². The molecule has 156 valence electrons. The normalized spacial score (nSPS) is 11.7. The van der Waals surface area contributed by atoms with Crippen LogP contribution >= 0.6 is 0 Å².